The van der Waals surface area contributed by atoms with Crippen LogP contribution >= 0.6 is 0 Å². The van der Waals surface area contributed by atoms with Gasteiger partial charge >= 0.3 is 6.03 Å². The van der Waals surface area contributed by atoms with E-state index in [1.54, 1.807) is 0 Å². The Balaban J connectivity index is 1.29. The van der Waals surface area contributed by atoms with Gasteiger partial charge in [-0.05, 0) is 30.0 Å². The van der Waals surface area contributed by atoms with Crippen LogP contribution in [0.3, 0.4) is 0 Å². The molecule has 0 bridgehead atoms. The summed E-state index contributed by atoms with van der Waals surface area (Å²) in [5.41, 5.74) is 2.79. The van der Waals surface area contributed by atoms with Gasteiger partial charge < -0.3 is 20.5 Å². The monoisotopic (exact) mass is 340 g/mol. The highest BCUT2D eigenvalue weighted by Crippen LogP contribution is 2.23. The van der Waals surface area contributed by atoms with E-state index in [4.69, 9.17) is 0 Å². The Labute approximate surface area is 145 Å². The molecule has 0 unspecified atom stereocenters. The lowest BCUT2D eigenvalue weighted by molar-refractivity contribution is -0.115. The lowest BCUT2D eigenvalue weighted by Gasteiger charge is -2.15. The molecular formula is C17H20N6O2. The molecule has 0 aliphatic carbocycles. The number of hydrogen-bond donors (Lipinski definition) is 3. The first-order valence-corrected chi connectivity index (χ1v) is 8.53. The first-order chi connectivity index (χ1) is 12.2. The minimum absolute atomic E-state index is 0.00879. The molecule has 3 N–H and O–H groups in total. The van der Waals surface area contributed by atoms with Crippen LogP contribution in [0, 0.1) is 0 Å². The number of aromatic nitrogens is 3. The number of carbonyl (C=O) groups is 2. The molecule has 3 amide bonds. The van der Waals surface area contributed by atoms with Crippen LogP contribution in [0.2, 0.25) is 0 Å². The zero-order valence-corrected chi connectivity index (χ0v) is 13.8. The van der Waals surface area contributed by atoms with Crippen LogP contribution in [0.25, 0.3) is 0 Å². The van der Waals surface area contributed by atoms with Crippen molar-refractivity contribution in [3.63, 3.8) is 0 Å². The van der Waals surface area contributed by atoms with Crippen molar-refractivity contribution >= 4 is 17.6 Å². The number of nitrogens with one attached hydrogen (secondary N) is 3. The Morgan fingerprint density at radius 3 is 3.00 bits per heavy atom. The average molecular weight is 340 g/mol. The number of rotatable bonds is 4. The van der Waals surface area contributed by atoms with Crippen LogP contribution in [0.4, 0.5) is 10.5 Å². The Kier molecular flexibility index (Phi) is 4.09. The van der Waals surface area contributed by atoms with Gasteiger partial charge in [-0.3, -0.25) is 4.79 Å². The maximum absolute atomic E-state index is 12.0. The average Bonchev–Trinajstić information content (AvgIpc) is 3.20. The van der Waals surface area contributed by atoms with Gasteiger partial charge in [0.2, 0.25) is 5.91 Å². The topological polar surface area (TPSA) is 101 Å². The number of benzene rings is 1. The fourth-order valence-corrected chi connectivity index (χ4v) is 3.30. The van der Waals surface area contributed by atoms with Crippen molar-refractivity contribution in [3.8, 4) is 0 Å². The summed E-state index contributed by atoms with van der Waals surface area (Å²) in [6, 6.07) is 5.47. The van der Waals surface area contributed by atoms with E-state index in [9.17, 15) is 9.59 Å². The fraction of sp³-hybridized carbons (Fsp3) is 0.412. The number of amides is 3. The van der Waals surface area contributed by atoms with Crippen LogP contribution in [-0.2, 0) is 37.3 Å². The van der Waals surface area contributed by atoms with Crippen molar-refractivity contribution in [2.24, 2.45) is 0 Å². The SMILES string of the molecule is O=C1Cc2cc(CNC(=O)NCc3nnc4n3CCCC4)ccc2N1. The molecule has 4 rings (SSSR count). The minimum Gasteiger partial charge on any atom is -0.334 e. The summed E-state index contributed by atoms with van der Waals surface area (Å²) in [7, 11) is 0. The van der Waals surface area contributed by atoms with Gasteiger partial charge in [0.05, 0.1) is 13.0 Å². The van der Waals surface area contributed by atoms with Gasteiger partial charge in [0, 0.05) is 25.2 Å². The highest BCUT2D eigenvalue weighted by Gasteiger charge is 2.18. The smallest absolute Gasteiger partial charge is 0.315 e. The number of nitrogens with zero attached hydrogens (tertiary/aromatic N) is 3. The van der Waals surface area contributed by atoms with Gasteiger partial charge in [-0.15, -0.1) is 10.2 Å². The van der Waals surface area contributed by atoms with Crippen molar-refractivity contribution in [1.29, 1.82) is 0 Å². The van der Waals surface area contributed by atoms with Crippen molar-refractivity contribution in [2.75, 3.05) is 5.32 Å². The molecule has 3 heterocycles. The summed E-state index contributed by atoms with van der Waals surface area (Å²) in [5, 5.41) is 16.8. The van der Waals surface area contributed by atoms with Crippen LogP contribution in [0.1, 0.15) is 35.6 Å². The van der Waals surface area contributed by atoms with Crippen LogP contribution in [-0.4, -0.2) is 26.7 Å². The van der Waals surface area contributed by atoms with Crippen molar-refractivity contribution in [2.45, 2.75) is 45.3 Å². The predicted octanol–water partition coefficient (Wildman–Crippen LogP) is 1.11. The third kappa shape index (κ3) is 3.33. The number of fused-ring (bicyclic) bond motifs is 2. The molecule has 0 fully saturated rings. The zero-order chi connectivity index (χ0) is 17.2. The third-order valence-corrected chi connectivity index (χ3v) is 4.59. The third-order valence-electron chi connectivity index (χ3n) is 4.59. The molecule has 2 aromatic rings. The summed E-state index contributed by atoms with van der Waals surface area (Å²) in [4.78, 5) is 23.4. The molecule has 8 nitrogen and oxygen atoms in total. The molecule has 0 saturated heterocycles. The normalized spacial score (nSPS) is 15.3. The van der Waals surface area contributed by atoms with E-state index < -0.39 is 0 Å². The first kappa shape index (κ1) is 15.6. The minimum atomic E-state index is -0.247. The zero-order valence-electron chi connectivity index (χ0n) is 13.8. The molecule has 0 saturated carbocycles. The van der Waals surface area contributed by atoms with E-state index in [1.165, 1.54) is 0 Å². The summed E-state index contributed by atoms with van der Waals surface area (Å²) < 4.78 is 2.09. The number of urea groups is 1. The summed E-state index contributed by atoms with van der Waals surface area (Å²) >= 11 is 0. The number of aryl methyl sites for hydroxylation is 1. The molecule has 2 aliphatic rings. The molecule has 130 valence electrons. The number of anilines is 1. The first-order valence-electron chi connectivity index (χ1n) is 8.53. The molecule has 1 aromatic heterocycles. The quantitative estimate of drug-likeness (QED) is 0.776. The second kappa shape index (κ2) is 6.54. The summed E-state index contributed by atoms with van der Waals surface area (Å²) in [6.07, 6.45) is 3.62. The molecule has 8 heteroatoms. The van der Waals surface area contributed by atoms with Gasteiger partial charge in [0.1, 0.15) is 5.82 Å². The Hall–Kier alpha value is -2.90. The van der Waals surface area contributed by atoms with Crippen LogP contribution < -0.4 is 16.0 Å². The Bertz CT molecular complexity index is 829. The van der Waals surface area contributed by atoms with Crippen molar-refractivity contribution in [3.05, 3.63) is 41.0 Å². The maximum atomic E-state index is 12.0. The highest BCUT2D eigenvalue weighted by atomic mass is 16.2. The largest absolute Gasteiger partial charge is 0.334 e. The Morgan fingerprint density at radius 1 is 1.20 bits per heavy atom. The van der Waals surface area contributed by atoms with Crippen molar-refractivity contribution < 1.29 is 9.59 Å². The molecular weight excluding hydrogens is 320 g/mol. The van der Waals surface area contributed by atoms with Gasteiger partial charge in [0.15, 0.2) is 5.82 Å². The predicted molar refractivity (Wildman–Crippen MR) is 90.8 cm³/mol. The van der Waals surface area contributed by atoms with Crippen LogP contribution in [0.15, 0.2) is 18.2 Å². The summed E-state index contributed by atoms with van der Waals surface area (Å²) in [5.74, 6) is 1.81. The van der Waals surface area contributed by atoms with E-state index in [2.05, 4.69) is 30.7 Å². The van der Waals surface area contributed by atoms with E-state index in [-0.39, 0.29) is 11.9 Å². The molecule has 2 aliphatic heterocycles. The van der Waals surface area contributed by atoms with Gasteiger partial charge in [-0.2, -0.15) is 0 Å². The molecule has 1 aromatic carbocycles. The van der Waals surface area contributed by atoms with E-state index in [0.717, 1.165) is 54.3 Å². The number of hydrogen-bond acceptors (Lipinski definition) is 4. The molecule has 0 radical (unpaired) electrons. The van der Waals surface area contributed by atoms with E-state index >= 15 is 0 Å². The lowest BCUT2D eigenvalue weighted by Crippen LogP contribution is -2.35. The van der Waals surface area contributed by atoms with Gasteiger partial charge in [-0.25, -0.2) is 4.79 Å². The second-order valence-corrected chi connectivity index (χ2v) is 6.39. The maximum Gasteiger partial charge on any atom is 0.315 e. The summed E-state index contributed by atoms with van der Waals surface area (Å²) in [6.45, 7) is 1.69. The Morgan fingerprint density at radius 2 is 2.08 bits per heavy atom. The van der Waals surface area contributed by atoms with Gasteiger partial charge in [0.25, 0.3) is 0 Å². The molecule has 25 heavy (non-hydrogen) atoms. The van der Waals surface area contributed by atoms with E-state index in [0.29, 0.717) is 19.5 Å². The van der Waals surface area contributed by atoms with Gasteiger partial charge in [-0.1, -0.05) is 12.1 Å². The van der Waals surface area contributed by atoms with E-state index in [1.807, 2.05) is 18.2 Å². The molecule has 0 atom stereocenters. The standard InChI is InChI=1S/C17H20N6O2/c24-16-8-12-7-11(4-5-13(12)20-16)9-18-17(25)19-10-15-22-21-14-3-1-2-6-23(14)15/h4-5,7H,1-3,6,8-10H2,(H,20,24)(H2,18,19,25). The van der Waals surface area contributed by atoms with Crippen LogP contribution in [0.5, 0.6) is 0 Å². The molecule has 0 spiro atoms. The van der Waals surface area contributed by atoms with Crippen molar-refractivity contribution in [1.82, 2.24) is 25.4 Å². The highest BCUT2D eigenvalue weighted by molar-refractivity contribution is 5.99. The lowest BCUT2D eigenvalue weighted by atomic mass is 10.1. The second-order valence-electron chi connectivity index (χ2n) is 6.39. The number of carbonyl (C=O) groups excluding carboxylic acids is 2. The fourth-order valence-electron chi connectivity index (χ4n) is 3.30.